The first-order valence-electron chi connectivity index (χ1n) is 8.49. The topological polar surface area (TPSA) is 41.7 Å². The van der Waals surface area contributed by atoms with E-state index in [0.29, 0.717) is 6.10 Å². The number of nitrogens with zero attached hydrogens (tertiary/aromatic N) is 2. The third-order valence-corrected chi connectivity index (χ3v) is 6.07. The Labute approximate surface area is 123 Å². The maximum atomic E-state index is 6.21. The van der Waals surface area contributed by atoms with Gasteiger partial charge in [0.05, 0.1) is 6.10 Å². The van der Waals surface area contributed by atoms with Crippen LogP contribution in [0.1, 0.15) is 44.9 Å². The Morgan fingerprint density at radius 3 is 2.40 bits per heavy atom. The molecule has 1 saturated carbocycles. The van der Waals surface area contributed by atoms with Crippen molar-refractivity contribution in [3.05, 3.63) is 0 Å². The fourth-order valence-corrected chi connectivity index (χ4v) is 4.59. The molecule has 20 heavy (non-hydrogen) atoms. The summed E-state index contributed by atoms with van der Waals surface area (Å²) >= 11 is 0. The quantitative estimate of drug-likeness (QED) is 0.847. The Hall–Kier alpha value is -0.160. The van der Waals surface area contributed by atoms with Gasteiger partial charge in [0, 0.05) is 38.3 Å². The lowest BCUT2D eigenvalue weighted by Gasteiger charge is -2.46. The predicted octanol–water partition coefficient (Wildman–Crippen LogP) is 1.44. The summed E-state index contributed by atoms with van der Waals surface area (Å²) < 4.78 is 5.53. The zero-order valence-electron chi connectivity index (χ0n) is 13.0. The zero-order chi connectivity index (χ0) is 14.0. The molecular weight excluding hydrogens is 250 g/mol. The summed E-state index contributed by atoms with van der Waals surface area (Å²) in [7, 11) is 1.85. The SMILES string of the molecule is COC1CCC(CN)(N2CCC(N3CCCC3)C2)CC1. The van der Waals surface area contributed by atoms with Gasteiger partial charge >= 0.3 is 0 Å². The molecule has 2 N–H and O–H groups in total. The molecule has 0 aromatic rings. The summed E-state index contributed by atoms with van der Waals surface area (Å²) in [6, 6.07) is 0.793. The van der Waals surface area contributed by atoms with E-state index < -0.39 is 0 Å². The van der Waals surface area contributed by atoms with Crippen LogP contribution in [0.4, 0.5) is 0 Å². The molecule has 116 valence electrons. The number of rotatable bonds is 4. The lowest BCUT2D eigenvalue weighted by molar-refractivity contribution is 0.0000972. The third kappa shape index (κ3) is 2.76. The first-order valence-corrected chi connectivity index (χ1v) is 8.49. The molecule has 3 aliphatic rings. The van der Waals surface area contributed by atoms with Crippen molar-refractivity contribution < 1.29 is 4.74 Å². The minimum absolute atomic E-state index is 0.267. The van der Waals surface area contributed by atoms with Crippen molar-refractivity contribution in [3.63, 3.8) is 0 Å². The van der Waals surface area contributed by atoms with Crippen molar-refractivity contribution >= 4 is 0 Å². The van der Waals surface area contributed by atoms with Gasteiger partial charge < -0.3 is 10.5 Å². The van der Waals surface area contributed by atoms with E-state index >= 15 is 0 Å². The molecule has 0 aromatic heterocycles. The summed E-state index contributed by atoms with van der Waals surface area (Å²) in [5.41, 5.74) is 6.48. The highest BCUT2D eigenvalue weighted by atomic mass is 16.5. The van der Waals surface area contributed by atoms with Gasteiger partial charge in [-0.25, -0.2) is 0 Å². The van der Waals surface area contributed by atoms with Gasteiger partial charge in [0.1, 0.15) is 0 Å². The van der Waals surface area contributed by atoms with Crippen LogP contribution in [0.2, 0.25) is 0 Å². The molecule has 0 amide bonds. The maximum Gasteiger partial charge on any atom is 0.0572 e. The van der Waals surface area contributed by atoms with E-state index in [2.05, 4.69) is 9.80 Å². The predicted molar refractivity (Wildman–Crippen MR) is 81.8 cm³/mol. The van der Waals surface area contributed by atoms with Crippen LogP contribution in [0.15, 0.2) is 0 Å². The van der Waals surface area contributed by atoms with Crippen LogP contribution in [0.5, 0.6) is 0 Å². The summed E-state index contributed by atoms with van der Waals surface area (Å²) in [6.45, 7) is 5.95. The molecule has 3 fully saturated rings. The Bertz CT molecular complexity index is 309. The molecule has 1 unspecified atom stereocenters. The van der Waals surface area contributed by atoms with E-state index in [1.165, 1.54) is 71.1 Å². The molecule has 1 aliphatic carbocycles. The van der Waals surface area contributed by atoms with Crippen LogP contribution in [0.3, 0.4) is 0 Å². The van der Waals surface area contributed by atoms with E-state index in [1.54, 1.807) is 0 Å². The highest BCUT2D eigenvalue weighted by Crippen LogP contribution is 2.37. The number of nitrogens with two attached hydrogens (primary N) is 1. The van der Waals surface area contributed by atoms with Gasteiger partial charge in [-0.15, -0.1) is 0 Å². The van der Waals surface area contributed by atoms with Gasteiger partial charge in [0.15, 0.2) is 0 Å². The number of hydrogen-bond donors (Lipinski definition) is 1. The highest BCUT2D eigenvalue weighted by Gasteiger charge is 2.43. The van der Waals surface area contributed by atoms with Gasteiger partial charge in [-0.2, -0.15) is 0 Å². The number of likely N-dealkylation sites (tertiary alicyclic amines) is 2. The molecule has 1 atom stereocenters. The normalized spacial score (nSPS) is 40.5. The van der Waals surface area contributed by atoms with E-state index in [1.807, 2.05) is 7.11 Å². The third-order valence-electron chi connectivity index (χ3n) is 6.07. The van der Waals surface area contributed by atoms with Gasteiger partial charge in [0.25, 0.3) is 0 Å². The van der Waals surface area contributed by atoms with Gasteiger partial charge in [-0.05, 0) is 58.0 Å². The Balaban J connectivity index is 1.59. The molecule has 3 rings (SSSR count). The van der Waals surface area contributed by atoms with Crippen LogP contribution < -0.4 is 5.73 Å². The highest BCUT2D eigenvalue weighted by molar-refractivity contribution is 5.00. The van der Waals surface area contributed by atoms with Gasteiger partial charge in [-0.3, -0.25) is 9.80 Å². The maximum absolute atomic E-state index is 6.21. The van der Waals surface area contributed by atoms with Crippen molar-refractivity contribution in [2.45, 2.75) is 62.6 Å². The van der Waals surface area contributed by atoms with Crippen molar-refractivity contribution in [2.75, 3.05) is 39.8 Å². The zero-order valence-corrected chi connectivity index (χ0v) is 13.0. The molecular formula is C16H31N3O. The summed E-state index contributed by atoms with van der Waals surface area (Å²) in [4.78, 5) is 5.44. The summed E-state index contributed by atoms with van der Waals surface area (Å²) in [6.07, 6.45) is 9.39. The van der Waals surface area contributed by atoms with Crippen LogP contribution >= 0.6 is 0 Å². The molecule has 0 radical (unpaired) electrons. The largest absolute Gasteiger partial charge is 0.381 e. The Morgan fingerprint density at radius 1 is 1.10 bits per heavy atom. The second kappa shape index (κ2) is 6.30. The molecule has 0 aromatic carbocycles. The van der Waals surface area contributed by atoms with Crippen molar-refractivity contribution in [1.82, 2.24) is 9.80 Å². The summed E-state index contributed by atoms with van der Waals surface area (Å²) in [5.74, 6) is 0. The Morgan fingerprint density at radius 2 is 1.80 bits per heavy atom. The van der Waals surface area contributed by atoms with Gasteiger partial charge in [0.2, 0.25) is 0 Å². The van der Waals surface area contributed by atoms with E-state index in [-0.39, 0.29) is 5.54 Å². The minimum Gasteiger partial charge on any atom is -0.381 e. The Kier molecular flexibility index (Phi) is 4.65. The molecule has 2 heterocycles. The number of methoxy groups -OCH3 is 1. The molecule has 4 heteroatoms. The van der Waals surface area contributed by atoms with Crippen LogP contribution in [-0.2, 0) is 4.74 Å². The van der Waals surface area contributed by atoms with Crippen molar-refractivity contribution in [1.29, 1.82) is 0 Å². The van der Waals surface area contributed by atoms with E-state index in [0.717, 1.165) is 12.6 Å². The lowest BCUT2D eigenvalue weighted by atomic mass is 9.79. The number of ether oxygens (including phenoxy) is 1. The summed E-state index contributed by atoms with van der Waals surface area (Å²) in [5, 5.41) is 0. The average Bonchev–Trinajstić information content (AvgIpc) is 3.18. The minimum atomic E-state index is 0.267. The molecule has 2 aliphatic heterocycles. The monoisotopic (exact) mass is 281 g/mol. The molecule has 4 nitrogen and oxygen atoms in total. The fourth-order valence-electron chi connectivity index (χ4n) is 4.59. The van der Waals surface area contributed by atoms with E-state index in [9.17, 15) is 0 Å². The molecule has 0 bridgehead atoms. The van der Waals surface area contributed by atoms with Crippen molar-refractivity contribution in [2.24, 2.45) is 5.73 Å². The lowest BCUT2D eigenvalue weighted by Crippen LogP contribution is -2.56. The standard InChI is InChI=1S/C16H31N3O/c1-20-15-4-7-16(13-17,8-5-15)19-11-6-14(12-19)18-9-2-3-10-18/h14-15H,2-13,17H2,1H3. The van der Waals surface area contributed by atoms with Gasteiger partial charge in [-0.1, -0.05) is 0 Å². The second-order valence-corrected chi connectivity index (χ2v) is 7.00. The first kappa shape index (κ1) is 14.8. The van der Waals surface area contributed by atoms with Crippen molar-refractivity contribution in [3.8, 4) is 0 Å². The first-order chi connectivity index (χ1) is 9.77. The van der Waals surface area contributed by atoms with Crippen LogP contribution in [-0.4, -0.2) is 67.3 Å². The average molecular weight is 281 g/mol. The fraction of sp³-hybridized carbons (Fsp3) is 1.00. The van der Waals surface area contributed by atoms with Crippen LogP contribution in [0, 0.1) is 0 Å². The second-order valence-electron chi connectivity index (χ2n) is 7.00. The van der Waals surface area contributed by atoms with E-state index in [4.69, 9.17) is 10.5 Å². The molecule has 0 spiro atoms. The van der Waals surface area contributed by atoms with Crippen LogP contribution in [0.25, 0.3) is 0 Å². The molecule has 2 saturated heterocycles. The number of hydrogen-bond acceptors (Lipinski definition) is 4. The smallest absolute Gasteiger partial charge is 0.0572 e.